The predicted octanol–water partition coefficient (Wildman–Crippen LogP) is 4.50. The first kappa shape index (κ1) is 12.2. The summed E-state index contributed by atoms with van der Waals surface area (Å²) in [5, 5.41) is 0. The lowest BCUT2D eigenvalue weighted by atomic mass is 9.79. The Balaban J connectivity index is 5.13. The fraction of sp³-hybridized carbons (Fsp3) is 0.538. The first-order chi connectivity index (χ1) is 5.84. The zero-order chi connectivity index (χ0) is 10.6. The summed E-state index contributed by atoms with van der Waals surface area (Å²) in [4.78, 5) is 0. The van der Waals surface area contributed by atoms with Gasteiger partial charge in [0.05, 0.1) is 0 Å². The van der Waals surface area contributed by atoms with E-state index in [-0.39, 0.29) is 5.41 Å². The molecule has 0 nitrogen and oxygen atoms in total. The summed E-state index contributed by atoms with van der Waals surface area (Å²) in [7, 11) is 0. The highest BCUT2D eigenvalue weighted by Gasteiger charge is 2.19. The third-order valence-corrected chi connectivity index (χ3v) is 2.14. The first-order valence-corrected chi connectivity index (χ1v) is 4.84. The fourth-order valence-corrected chi connectivity index (χ4v) is 1.62. The van der Waals surface area contributed by atoms with Crippen LogP contribution in [0.2, 0.25) is 0 Å². The molecular weight excluding hydrogens is 156 g/mol. The van der Waals surface area contributed by atoms with Crippen molar-refractivity contribution >= 4 is 0 Å². The van der Waals surface area contributed by atoms with Gasteiger partial charge in [-0.3, -0.25) is 0 Å². The topological polar surface area (TPSA) is 0 Å². The molecule has 0 rings (SSSR count). The molecule has 0 saturated carbocycles. The van der Waals surface area contributed by atoms with Crippen LogP contribution in [0.3, 0.4) is 0 Å². The zero-order valence-corrected chi connectivity index (χ0v) is 9.86. The number of hydrogen-bond acceptors (Lipinski definition) is 0. The summed E-state index contributed by atoms with van der Waals surface area (Å²) in [6.45, 7) is 16.9. The molecule has 0 amide bonds. The standard InChI is InChI=1S/C13H22/c1-8-11(10(3)4)12(9-2)13(5,6)7/h8-9H,3H2,1-2,4-7H3/b11-8-,12-9+. The third kappa shape index (κ3) is 3.22. The smallest absolute Gasteiger partial charge is 0.0129 e. The van der Waals surface area contributed by atoms with Gasteiger partial charge >= 0.3 is 0 Å². The summed E-state index contributed by atoms with van der Waals surface area (Å²) < 4.78 is 0. The minimum absolute atomic E-state index is 0.204. The largest absolute Gasteiger partial charge is 0.0955 e. The summed E-state index contributed by atoms with van der Waals surface area (Å²) in [5.74, 6) is 0. The van der Waals surface area contributed by atoms with Gasteiger partial charge < -0.3 is 0 Å². The lowest BCUT2D eigenvalue weighted by Crippen LogP contribution is -2.11. The molecule has 74 valence electrons. The maximum absolute atomic E-state index is 4.00. The average molecular weight is 178 g/mol. The van der Waals surface area contributed by atoms with Crippen LogP contribution in [0.25, 0.3) is 0 Å². The van der Waals surface area contributed by atoms with E-state index >= 15 is 0 Å². The minimum Gasteiger partial charge on any atom is -0.0955 e. The Bertz CT molecular complexity index is 244. The van der Waals surface area contributed by atoms with E-state index < -0.39 is 0 Å². The molecule has 0 saturated heterocycles. The Morgan fingerprint density at radius 1 is 1.08 bits per heavy atom. The predicted molar refractivity (Wildman–Crippen MR) is 61.8 cm³/mol. The molecule has 0 aliphatic heterocycles. The van der Waals surface area contributed by atoms with Gasteiger partial charge in [-0.1, -0.05) is 45.1 Å². The lowest BCUT2D eigenvalue weighted by molar-refractivity contribution is 0.510. The molecule has 0 spiro atoms. The van der Waals surface area contributed by atoms with E-state index in [1.54, 1.807) is 0 Å². The molecule has 0 aromatic carbocycles. The second kappa shape index (κ2) is 4.45. The van der Waals surface area contributed by atoms with E-state index in [2.05, 4.69) is 60.3 Å². The SMILES string of the molecule is C=C(C)C(=C/C)/C(=C\C)C(C)(C)C. The van der Waals surface area contributed by atoms with Crippen LogP contribution >= 0.6 is 0 Å². The molecule has 0 radical (unpaired) electrons. The van der Waals surface area contributed by atoms with Crippen LogP contribution in [0.1, 0.15) is 41.5 Å². The van der Waals surface area contributed by atoms with Gasteiger partial charge in [-0.15, -0.1) is 0 Å². The Kier molecular flexibility index (Phi) is 4.19. The van der Waals surface area contributed by atoms with E-state index in [1.165, 1.54) is 11.1 Å². The molecule has 0 aliphatic rings. The van der Waals surface area contributed by atoms with Crippen molar-refractivity contribution in [1.29, 1.82) is 0 Å². The molecule has 0 bridgehead atoms. The van der Waals surface area contributed by atoms with Crippen LogP contribution in [-0.4, -0.2) is 0 Å². The van der Waals surface area contributed by atoms with Crippen LogP contribution in [0, 0.1) is 5.41 Å². The molecule has 0 fully saturated rings. The van der Waals surface area contributed by atoms with Crippen molar-refractivity contribution < 1.29 is 0 Å². The average Bonchev–Trinajstić information content (AvgIpc) is 1.96. The normalized spacial score (nSPS) is 14.6. The summed E-state index contributed by atoms with van der Waals surface area (Å²) in [5.41, 5.74) is 4.01. The van der Waals surface area contributed by atoms with Gasteiger partial charge in [-0.2, -0.15) is 0 Å². The highest BCUT2D eigenvalue weighted by molar-refractivity contribution is 5.46. The number of hydrogen-bond donors (Lipinski definition) is 0. The summed E-state index contributed by atoms with van der Waals surface area (Å²) >= 11 is 0. The van der Waals surface area contributed by atoms with Gasteiger partial charge in [-0.05, 0) is 37.3 Å². The molecule has 0 heterocycles. The van der Waals surface area contributed by atoms with Crippen molar-refractivity contribution in [3.63, 3.8) is 0 Å². The van der Waals surface area contributed by atoms with E-state index in [4.69, 9.17) is 0 Å². The zero-order valence-electron chi connectivity index (χ0n) is 9.86. The van der Waals surface area contributed by atoms with E-state index in [1.807, 2.05) is 0 Å². The van der Waals surface area contributed by atoms with Gasteiger partial charge in [0.1, 0.15) is 0 Å². The molecular formula is C13H22. The van der Waals surface area contributed by atoms with Crippen molar-refractivity contribution in [2.24, 2.45) is 5.41 Å². The van der Waals surface area contributed by atoms with E-state index in [9.17, 15) is 0 Å². The monoisotopic (exact) mass is 178 g/mol. The number of allylic oxidation sites excluding steroid dienone is 5. The van der Waals surface area contributed by atoms with Crippen molar-refractivity contribution in [2.75, 3.05) is 0 Å². The summed E-state index contributed by atoms with van der Waals surface area (Å²) in [6, 6.07) is 0. The first-order valence-electron chi connectivity index (χ1n) is 4.84. The van der Waals surface area contributed by atoms with Crippen molar-refractivity contribution in [3.05, 3.63) is 35.5 Å². The molecule has 0 aliphatic carbocycles. The van der Waals surface area contributed by atoms with Crippen LogP contribution < -0.4 is 0 Å². The van der Waals surface area contributed by atoms with Crippen molar-refractivity contribution in [2.45, 2.75) is 41.5 Å². The Hall–Kier alpha value is -0.780. The Morgan fingerprint density at radius 2 is 1.54 bits per heavy atom. The molecule has 0 aromatic heterocycles. The summed E-state index contributed by atoms with van der Waals surface area (Å²) in [6.07, 6.45) is 4.33. The van der Waals surface area contributed by atoms with Crippen LogP contribution in [0.4, 0.5) is 0 Å². The van der Waals surface area contributed by atoms with Gasteiger partial charge in [0.15, 0.2) is 0 Å². The van der Waals surface area contributed by atoms with Gasteiger partial charge in [0.25, 0.3) is 0 Å². The second-order valence-corrected chi connectivity index (χ2v) is 4.44. The molecule has 0 heteroatoms. The molecule has 0 N–H and O–H groups in total. The molecule has 0 aromatic rings. The van der Waals surface area contributed by atoms with Crippen LogP contribution in [0.5, 0.6) is 0 Å². The second-order valence-electron chi connectivity index (χ2n) is 4.44. The Morgan fingerprint density at radius 3 is 1.62 bits per heavy atom. The quantitative estimate of drug-likeness (QED) is 0.546. The van der Waals surface area contributed by atoms with Gasteiger partial charge in [0.2, 0.25) is 0 Å². The van der Waals surface area contributed by atoms with E-state index in [0.717, 1.165) is 5.57 Å². The minimum atomic E-state index is 0.204. The van der Waals surface area contributed by atoms with Gasteiger partial charge in [0, 0.05) is 0 Å². The lowest BCUT2D eigenvalue weighted by Gasteiger charge is -2.25. The number of rotatable bonds is 2. The maximum Gasteiger partial charge on any atom is -0.0129 e. The van der Waals surface area contributed by atoms with E-state index in [0.29, 0.717) is 0 Å². The van der Waals surface area contributed by atoms with Crippen molar-refractivity contribution in [1.82, 2.24) is 0 Å². The Labute approximate surface area is 83.0 Å². The molecule has 13 heavy (non-hydrogen) atoms. The fourth-order valence-electron chi connectivity index (χ4n) is 1.62. The van der Waals surface area contributed by atoms with Crippen molar-refractivity contribution in [3.8, 4) is 0 Å². The maximum atomic E-state index is 4.00. The van der Waals surface area contributed by atoms with Gasteiger partial charge in [-0.25, -0.2) is 0 Å². The molecule has 0 atom stereocenters. The highest BCUT2D eigenvalue weighted by Crippen LogP contribution is 2.33. The third-order valence-electron chi connectivity index (χ3n) is 2.14. The molecule has 0 unspecified atom stereocenters. The van der Waals surface area contributed by atoms with Crippen LogP contribution in [0.15, 0.2) is 35.5 Å². The van der Waals surface area contributed by atoms with Crippen LogP contribution in [-0.2, 0) is 0 Å². The highest BCUT2D eigenvalue weighted by atomic mass is 14.2.